The van der Waals surface area contributed by atoms with Crippen LogP contribution in [0.4, 0.5) is 0 Å². The van der Waals surface area contributed by atoms with Crippen LogP contribution in [0.25, 0.3) is 0 Å². The molecule has 0 saturated heterocycles. The van der Waals surface area contributed by atoms with Crippen molar-refractivity contribution < 1.29 is 4.79 Å². The fourth-order valence-corrected chi connectivity index (χ4v) is 1.05. The molecule has 14 heavy (non-hydrogen) atoms. The average molecular weight is 195 g/mol. The first-order chi connectivity index (χ1) is 6.38. The average Bonchev–Trinajstić information content (AvgIpc) is 2.46. The van der Waals surface area contributed by atoms with Crippen LogP contribution in [0, 0.1) is 0 Å². The third-order valence-corrected chi connectivity index (χ3v) is 1.80. The molecule has 0 spiro atoms. The summed E-state index contributed by atoms with van der Waals surface area (Å²) in [6, 6.07) is 1.78. The van der Waals surface area contributed by atoms with Crippen LogP contribution in [0.3, 0.4) is 0 Å². The predicted octanol–water partition coefficient (Wildman–Crippen LogP) is 0.492. The quantitative estimate of drug-likeness (QED) is 0.737. The predicted molar refractivity (Wildman–Crippen MR) is 56.0 cm³/mol. The number of hydrogen-bond acceptors (Lipinski definition) is 2. The summed E-state index contributed by atoms with van der Waals surface area (Å²) in [6.45, 7) is 4.22. The van der Waals surface area contributed by atoms with Gasteiger partial charge in [0.1, 0.15) is 0 Å². The summed E-state index contributed by atoms with van der Waals surface area (Å²) in [6.07, 6.45) is 3.61. The van der Waals surface area contributed by atoms with Gasteiger partial charge in [0.25, 0.3) is 5.91 Å². The van der Waals surface area contributed by atoms with Gasteiger partial charge in [-0.25, -0.2) is 0 Å². The van der Waals surface area contributed by atoms with Gasteiger partial charge < -0.3 is 15.6 Å². The summed E-state index contributed by atoms with van der Waals surface area (Å²) >= 11 is 0. The second kappa shape index (κ2) is 3.84. The lowest BCUT2D eigenvalue weighted by Gasteiger charge is -2.18. The highest BCUT2D eigenvalue weighted by molar-refractivity contribution is 5.94. The van der Waals surface area contributed by atoms with E-state index in [0.29, 0.717) is 12.1 Å². The Morgan fingerprint density at radius 3 is 2.71 bits per heavy atom. The van der Waals surface area contributed by atoms with Crippen LogP contribution in [-0.2, 0) is 7.05 Å². The molecular weight excluding hydrogens is 178 g/mol. The van der Waals surface area contributed by atoms with Gasteiger partial charge in [-0.15, -0.1) is 0 Å². The summed E-state index contributed by atoms with van der Waals surface area (Å²) < 4.78 is 1.84. The van der Waals surface area contributed by atoms with Crippen LogP contribution in [0.15, 0.2) is 18.5 Å². The summed E-state index contributed by atoms with van der Waals surface area (Å²) in [7, 11) is 1.88. The Kier molecular flexibility index (Phi) is 2.96. The maximum Gasteiger partial charge on any atom is 0.252 e. The highest BCUT2D eigenvalue weighted by Gasteiger charge is 2.13. The summed E-state index contributed by atoms with van der Waals surface area (Å²) in [4.78, 5) is 11.5. The Morgan fingerprint density at radius 1 is 1.64 bits per heavy atom. The fraction of sp³-hybridized carbons (Fsp3) is 0.500. The van der Waals surface area contributed by atoms with Crippen molar-refractivity contribution >= 4 is 5.91 Å². The molecule has 4 heteroatoms. The van der Waals surface area contributed by atoms with E-state index >= 15 is 0 Å². The molecule has 1 heterocycles. The van der Waals surface area contributed by atoms with Crippen LogP contribution in [0.1, 0.15) is 24.2 Å². The Labute approximate surface area is 84.1 Å². The fourth-order valence-electron chi connectivity index (χ4n) is 1.05. The maximum absolute atomic E-state index is 11.5. The van der Waals surface area contributed by atoms with Crippen LogP contribution < -0.4 is 11.1 Å². The zero-order valence-corrected chi connectivity index (χ0v) is 8.87. The van der Waals surface area contributed by atoms with Crippen molar-refractivity contribution in [2.45, 2.75) is 19.4 Å². The minimum atomic E-state index is -0.371. The normalized spacial score (nSPS) is 11.4. The van der Waals surface area contributed by atoms with E-state index in [0.717, 1.165) is 0 Å². The molecule has 1 aromatic heterocycles. The third kappa shape index (κ3) is 3.22. The first-order valence-corrected chi connectivity index (χ1v) is 4.57. The van der Waals surface area contributed by atoms with Gasteiger partial charge in [-0.1, -0.05) is 0 Å². The van der Waals surface area contributed by atoms with Gasteiger partial charge in [0.15, 0.2) is 0 Å². The molecule has 0 aromatic carbocycles. The number of amides is 1. The molecule has 1 amide bonds. The minimum Gasteiger partial charge on any atom is -0.356 e. The molecule has 78 valence electrons. The first kappa shape index (κ1) is 10.8. The van der Waals surface area contributed by atoms with Crippen molar-refractivity contribution in [2.24, 2.45) is 12.8 Å². The summed E-state index contributed by atoms with van der Waals surface area (Å²) in [5.41, 5.74) is 6.04. The number of rotatable bonds is 3. The van der Waals surface area contributed by atoms with E-state index in [-0.39, 0.29) is 11.4 Å². The molecule has 1 rings (SSSR count). The highest BCUT2D eigenvalue weighted by atomic mass is 16.1. The van der Waals surface area contributed by atoms with Gasteiger partial charge in [-0.3, -0.25) is 4.79 Å². The number of carbonyl (C=O) groups excluding carboxylic acids is 1. The van der Waals surface area contributed by atoms with E-state index in [1.54, 1.807) is 12.3 Å². The number of carbonyl (C=O) groups is 1. The lowest BCUT2D eigenvalue weighted by Crippen LogP contribution is -2.45. The molecule has 0 bridgehead atoms. The smallest absolute Gasteiger partial charge is 0.252 e. The Bertz CT molecular complexity index is 322. The minimum absolute atomic E-state index is 0.0795. The van der Waals surface area contributed by atoms with Gasteiger partial charge in [0, 0.05) is 31.5 Å². The third-order valence-electron chi connectivity index (χ3n) is 1.80. The molecule has 0 aliphatic rings. The van der Waals surface area contributed by atoms with Crippen molar-refractivity contribution in [3.63, 3.8) is 0 Å². The summed E-state index contributed by atoms with van der Waals surface area (Å²) in [5.74, 6) is -0.0795. The van der Waals surface area contributed by atoms with E-state index in [4.69, 9.17) is 5.73 Å². The number of aromatic nitrogens is 1. The van der Waals surface area contributed by atoms with Crippen molar-refractivity contribution in [1.29, 1.82) is 0 Å². The molecule has 1 aromatic rings. The standard InChI is InChI=1S/C10H17N3O/c1-10(2,11)7-12-9(14)8-4-5-13(3)6-8/h4-6H,7,11H2,1-3H3,(H,12,14). The number of hydrogen-bond donors (Lipinski definition) is 2. The SMILES string of the molecule is Cn1ccc(C(=O)NCC(C)(C)N)c1. The van der Waals surface area contributed by atoms with Gasteiger partial charge in [0.05, 0.1) is 5.56 Å². The lowest BCUT2D eigenvalue weighted by atomic mass is 10.1. The molecule has 0 saturated carbocycles. The molecular formula is C10H17N3O. The van der Waals surface area contributed by atoms with Crippen molar-refractivity contribution in [3.8, 4) is 0 Å². The Morgan fingerprint density at radius 2 is 2.29 bits per heavy atom. The van der Waals surface area contributed by atoms with Gasteiger partial charge in [-0.2, -0.15) is 0 Å². The van der Waals surface area contributed by atoms with Crippen molar-refractivity contribution in [1.82, 2.24) is 9.88 Å². The van der Waals surface area contributed by atoms with Crippen LogP contribution in [0.5, 0.6) is 0 Å². The van der Waals surface area contributed by atoms with E-state index in [2.05, 4.69) is 5.32 Å². The Hall–Kier alpha value is -1.29. The van der Waals surface area contributed by atoms with Crippen LogP contribution in [0.2, 0.25) is 0 Å². The second-order valence-corrected chi connectivity index (χ2v) is 4.24. The molecule has 0 fully saturated rings. The van der Waals surface area contributed by atoms with E-state index in [1.807, 2.05) is 31.7 Å². The largest absolute Gasteiger partial charge is 0.356 e. The van der Waals surface area contributed by atoms with E-state index in [1.165, 1.54) is 0 Å². The zero-order valence-electron chi connectivity index (χ0n) is 8.87. The molecule has 3 N–H and O–H groups in total. The van der Waals surface area contributed by atoms with Crippen LogP contribution >= 0.6 is 0 Å². The van der Waals surface area contributed by atoms with Crippen molar-refractivity contribution in [3.05, 3.63) is 24.0 Å². The molecule has 4 nitrogen and oxygen atoms in total. The van der Waals surface area contributed by atoms with Gasteiger partial charge >= 0.3 is 0 Å². The number of nitrogens with one attached hydrogen (secondary N) is 1. The number of nitrogens with two attached hydrogens (primary N) is 1. The number of nitrogens with zero attached hydrogens (tertiary/aromatic N) is 1. The maximum atomic E-state index is 11.5. The van der Waals surface area contributed by atoms with Gasteiger partial charge in [-0.05, 0) is 19.9 Å². The van der Waals surface area contributed by atoms with E-state index in [9.17, 15) is 4.79 Å². The van der Waals surface area contributed by atoms with Crippen LogP contribution in [-0.4, -0.2) is 22.6 Å². The summed E-state index contributed by atoms with van der Waals surface area (Å²) in [5, 5.41) is 2.77. The molecule has 0 aliphatic heterocycles. The second-order valence-electron chi connectivity index (χ2n) is 4.24. The molecule has 0 atom stereocenters. The zero-order chi connectivity index (χ0) is 10.8. The highest BCUT2D eigenvalue weighted by Crippen LogP contribution is 2.00. The van der Waals surface area contributed by atoms with E-state index < -0.39 is 0 Å². The van der Waals surface area contributed by atoms with Crippen molar-refractivity contribution in [2.75, 3.05) is 6.54 Å². The lowest BCUT2D eigenvalue weighted by molar-refractivity contribution is 0.0946. The molecule has 0 unspecified atom stereocenters. The monoisotopic (exact) mass is 195 g/mol. The molecule has 0 radical (unpaired) electrons. The molecule has 0 aliphatic carbocycles. The number of aryl methyl sites for hydroxylation is 1. The first-order valence-electron chi connectivity index (χ1n) is 4.57. The van der Waals surface area contributed by atoms with Gasteiger partial charge in [0.2, 0.25) is 0 Å². The Balaban J connectivity index is 2.52. The topological polar surface area (TPSA) is 60.0 Å².